The van der Waals surface area contributed by atoms with Crippen molar-refractivity contribution in [3.63, 3.8) is 0 Å². The van der Waals surface area contributed by atoms with Crippen molar-refractivity contribution in [3.8, 4) is 0 Å². The molecule has 0 aromatic carbocycles. The number of nitrogens with two attached hydrogens (primary N) is 2. The van der Waals surface area contributed by atoms with Gasteiger partial charge in [0.25, 0.3) is 0 Å². The molecule has 0 aliphatic heterocycles. The van der Waals surface area contributed by atoms with Crippen LogP contribution >= 0.6 is 25.3 Å². The normalized spacial score (nSPS) is 14.9. The summed E-state index contributed by atoms with van der Waals surface area (Å²) in [7, 11) is 0. The lowest BCUT2D eigenvalue weighted by molar-refractivity contribution is -0.146. The van der Waals surface area contributed by atoms with Crippen LogP contribution in [0.4, 0.5) is 0 Å². The van der Waals surface area contributed by atoms with E-state index in [-0.39, 0.29) is 11.5 Å². The van der Waals surface area contributed by atoms with Crippen molar-refractivity contribution >= 4 is 43.0 Å². The van der Waals surface area contributed by atoms with Crippen molar-refractivity contribution < 1.29 is 24.6 Å². The Morgan fingerprint density at radius 1 is 1.29 bits per heavy atom. The molecule has 7 nitrogen and oxygen atoms in total. The molecule has 0 fully saturated rings. The van der Waals surface area contributed by atoms with Crippen LogP contribution in [0.3, 0.4) is 0 Å². The second-order valence-corrected chi connectivity index (χ2v) is 3.80. The van der Waals surface area contributed by atoms with Gasteiger partial charge in [-0.3, -0.25) is 9.59 Å². The van der Waals surface area contributed by atoms with Crippen LogP contribution in [-0.2, 0) is 14.4 Å². The fourth-order valence-corrected chi connectivity index (χ4v) is 0.922. The SMILES string of the molecule is CC(=O)C(N)(CS)C(=O)O.NC(CS)C(=O)O. The number of aliphatic carboxylic acids is 2. The van der Waals surface area contributed by atoms with Gasteiger partial charge in [0, 0.05) is 11.5 Å². The Hall–Kier alpha value is -0.770. The molecule has 0 saturated carbocycles. The quantitative estimate of drug-likeness (QED) is 0.269. The minimum Gasteiger partial charge on any atom is -0.480 e. The summed E-state index contributed by atoms with van der Waals surface area (Å²) >= 11 is 7.30. The Morgan fingerprint density at radius 3 is 1.71 bits per heavy atom. The van der Waals surface area contributed by atoms with Crippen LogP contribution in [0.5, 0.6) is 0 Å². The van der Waals surface area contributed by atoms with Crippen molar-refractivity contribution in [2.45, 2.75) is 18.5 Å². The van der Waals surface area contributed by atoms with Gasteiger partial charge >= 0.3 is 11.9 Å². The lowest BCUT2D eigenvalue weighted by Crippen LogP contribution is -2.55. The van der Waals surface area contributed by atoms with Crippen LogP contribution in [-0.4, -0.2) is 51.0 Å². The molecule has 0 spiro atoms. The molecule has 0 aromatic rings. The van der Waals surface area contributed by atoms with Gasteiger partial charge in [0.15, 0.2) is 11.3 Å². The number of hydrogen-bond donors (Lipinski definition) is 6. The lowest BCUT2D eigenvalue weighted by atomic mass is 9.99. The molecule has 9 heteroatoms. The maximum absolute atomic E-state index is 10.6. The van der Waals surface area contributed by atoms with Gasteiger partial charge in [0.05, 0.1) is 0 Å². The molecule has 100 valence electrons. The van der Waals surface area contributed by atoms with E-state index in [2.05, 4.69) is 25.3 Å². The largest absolute Gasteiger partial charge is 0.480 e. The van der Waals surface area contributed by atoms with Crippen molar-refractivity contribution in [2.24, 2.45) is 11.5 Å². The number of carbonyl (C=O) groups excluding carboxylic acids is 1. The number of carbonyl (C=O) groups is 3. The average Bonchev–Trinajstić information content (AvgIpc) is 2.26. The molecule has 0 aliphatic carbocycles. The second-order valence-electron chi connectivity index (χ2n) is 3.12. The highest BCUT2D eigenvalue weighted by Crippen LogP contribution is 2.04. The van der Waals surface area contributed by atoms with Gasteiger partial charge in [-0.2, -0.15) is 25.3 Å². The third-order valence-corrected chi connectivity index (χ3v) is 2.67. The molecule has 0 amide bonds. The molecule has 0 bridgehead atoms. The third-order valence-electron chi connectivity index (χ3n) is 1.77. The first-order chi connectivity index (χ1) is 7.63. The maximum Gasteiger partial charge on any atom is 0.332 e. The Bertz CT molecular complexity index is 284. The third kappa shape index (κ3) is 6.51. The molecule has 0 aliphatic rings. The Morgan fingerprint density at radius 2 is 1.71 bits per heavy atom. The van der Waals surface area contributed by atoms with Crippen molar-refractivity contribution in [1.29, 1.82) is 0 Å². The number of hydrogen-bond acceptors (Lipinski definition) is 7. The van der Waals surface area contributed by atoms with E-state index in [9.17, 15) is 14.4 Å². The Balaban J connectivity index is 0. The zero-order valence-corrected chi connectivity index (χ0v) is 10.9. The summed E-state index contributed by atoms with van der Waals surface area (Å²) in [6.07, 6.45) is 0. The number of carboxylic acids is 2. The van der Waals surface area contributed by atoms with Gasteiger partial charge in [-0.25, -0.2) is 4.79 Å². The molecule has 0 rings (SSSR count). The van der Waals surface area contributed by atoms with Gasteiger partial charge in [-0.15, -0.1) is 0 Å². The number of thiol groups is 2. The number of carboxylic acid groups (broad SMARTS) is 2. The molecular formula is C8H16N2O5S2. The van der Waals surface area contributed by atoms with E-state index in [1.54, 1.807) is 0 Å². The highest BCUT2D eigenvalue weighted by Gasteiger charge is 2.37. The minimum atomic E-state index is -1.82. The highest BCUT2D eigenvalue weighted by molar-refractivity contribution is 7.80. The van der Waals surface area contributed by atoms with Gasteiger partial charge in [-0.05, 0) is 6.92 Å². The lowest BCUT2D eigenvalue weighted by Gasteiger charge is -2.17. The summed E-state index contributed by atoms with van der Waals surface area (Å²) in [6, 6.07) is -0.816. The number of rotatable bonds is 5. The molecule has 6 N–H and O–H groups in total. The summed E-state index contributed by atoms with van der Waals surface area (Å²) in [5.74, 6) is -2.92. The molecule has 0 aromatic heterocycles. The molecule has 0 radical (unpaired) electrons. The molecule has 0 heterocycles. The second kappa shape index (κ2) is 8.34. The van der Waals surface area contributed by atoms with Crippen molar-refractivity contribution in [2.75, 3.05) is 11.5 Å². The van der Waals surface area contributed by atoms with Gasteiger partial charge < -0.3 is 21.7 Å². The minimum absolute atomic E-state index is 0.183. The number of ketones is 1. The van der Waals surface area contributed by atoms with Gasteiger partial charge in [-0.1, -0.05) is 0 Å². The van der Waals surface area contributed by atoms with Crippen LogP contribution in [0.15, 0.2) is 0 Å². The zero-order valence-electron chi connectivity index (χ0n) is 9.16. The first kappa shape index (κ1) is 18.6. The highest BCUT2D eigenvalue weighted by atomic mass is 32.1. The average molecular weight is 284 g/mol. The molecular weight excluding hydrogens is 268 g/mol. The predicted octanol–water partition coefficient (Wildman–Crippen LogP) is -1.38. The molecule has 2 atom stereocenters. The van der Waals surface area contributed by atoms with Crippen molar-refractivity contribution in [3.05, 3.63) is 0 Å². The van der Waals surface area contributed by atoms with Crippen LogP contribution in [0.2, 0.25) is 0 Å². The fraction of sp³-hybridized carbons (Fsp3) is 0.625. The first-order valence-electron chi connectivity index (χ1n) is 4.36. The van der Waals surface area contributed by atoms with Crippen LogP contribution in [0.1, 0.15) is 6.92 Å². The summed E-state index contributed by atoms with van der Waals surface area (Å²) in [4.78, 5) is 30.6. The van der Waals surface area contributed by atoms with Crippen LogP contribution in [0, 0.1) is 0 Å². The fourth-order valence-electron chi connectivity index (χ4n) is 0.408. The Labute approximate surface area is 109 Å². The predicted molar refractivity (Wildman–Crippen MR) is 68.6 cm³/mol. The summed E-state index contributed by atoms with van der Waals surface area (Å²) < 4.78 is 0. The van der Waals surface area contributed by atoms with E-state index in [0.717, 1.165) is 6.92 Å². The molecule has 17 heavy (non-hydrogen) atoms. The maximum atomic E-state index is 10.6. The van der Waals surface area contributed by atoms with E-state index in [1.165, 1.54) is 0 Å². The number of Topliss-reactive ketones (excluding diaryl/α,β-unsaturated/α-hetero) is 1. The molecule has 2 unspecified atom stereocenters. The van der Waals surface area contributed by atoms with Crippen LogP contribution in [0.25, 0.3) is 0 Å². The smallest absolute Gasteiger partial charge is 0.332 e. The topological polar surface area (TPSA) is 144 Å². The van der Waals surface area contributed by atoms with Gasteiger partial charge in [0.1, 0.15) is 6.04 Å². The zero-order chi connectivity index (χ0) is 14.2. The standard InChI is InChI=1S/C5H9NO3S.C3H7NO2S/c1-3(7)5(6,2-10)4(8)9;4-2(1-7)3(5)6/h10H,2,6H2,1H3,(H,8,9);2,7H,1,4H2,(H,5,6). The first-order valence-corrected chi connectivity index (χ1v) is 5.63. The summed E-state index contributed by atoms with van der Waals surface area (Å²) in [5, 5.41) is 16.4. The summed E-state index contributed by atoms with van der Waals surface area (Å²) in [5.41, 5.74) is 8.28. The van der Waals surface area contributed by atoms with E-state index >= 15 is 0 Å². The monoisotopic (exact) mass is 284 g/mol. The summed E-state index contributed by atoms with van der Waals surface area (Å²) in [6.45, 7) is 1.13. The van der Waals surface area contributed by atoms with E-state index in [0.29, 0.717) is 0 Å². The molecule has 0 saturated heterocycles. The van der Waals surface area contributed by atoms with Crippen LogP contribution < -0.4 is 11.5 Å². The van der Waals surface area contributed by atoms with Gasteiger partial charge in [0.2, 0.25) is 0 Å². The van der Waals surface area contributed by atoms with E-state index in [1.807, 2.05) is 0 Å². The van der Waals surface area contributed by atoms with E-state index < -0.39 is 29.3 Å². The Kier molecular flexibility index (Phi) is 9.12. The van der Waals surface area contributed by atoms with Crippen molar-refractivity contribution in [1.82, 2.24) is 0 Å². The van der Waals surface area contributed by atoms with E-state index in [4.69, 9.17) is 21.7 Å².